The van der Waals surface area contributed by atoms with Crippen LogP contribution in [0.5, 0.6) is 0 Å². The van der Waals surface area contributed by atoms with E-state index in [0.717, 1.165) is 5.75 Å². The molecular weight excluding hydrogens is 266 g/mol. The first-order valence-electron chi connectivity index (χ1n) is 5.82. The lowest BCUT2D eigenvalue weighted by Gasteiger charge is -2.14. The number of nitrogens with one attached hydrogen (secondary N) is 1. The lowest BCUT2D eigenvalue weighted by atomic mass is 10.1. The predicted octanol–water partition coefficient (Wildman–Crippen LogP) is 1.68. The summed E-state index contributed by atoms with van der Waals surface area (Å²) in [4.78, 5) is 22.1. The minimum absolute atomic E-state index is 0.198. The van der Waals surface area contributed by atoms with Crippen LogP contribution >= 0.6 is 11.8 Å². The Morgan fingerprint density at radius 1 is 1.32 bits per heavy atom. The molecule has 0 bridgehead atoms. The smallest absolute Gasteiger partial charge is 0.336 e. The summed E-state index contributed by atoms with van der Waals surface area (Å²) in [7, 11) is 0. The molecule has 0 saturated heterocycles. The van der Waals surface area contributed by atoms with Gasteiger partial charge in [0.2, 0.25) is 0 Å². The Balaban J connectivity index is 2.68. The van der Waals surface area contributed by atoms with Crippen LogP contribution in [0.4, 0.5) is 0 Å². The van der Waals surface area contributed by atoms with Crippen molar-refractivity contribution in [2.24, 2.45) is 0 Å². The summed E-state index contributed by atoms with van der Waals surface area (Å²) < 4.78 is 0. The van der Waals surface area contributed by atoms with Crippen LogP contribution in [0.15, 0.2) is 24.3 Å². The molecule has 104 valence electrons. The number of rotatable bonds is 8. The lowest BCUT2D eigenvalue weighted by molar-refractivity contribution is -0.139. The number of thioether (sulfide) groups is 1. The predicted molar refractivity (Wildman–Crippen MR) is 74.7 cm³/mol. The van der Waals surface area contributed by atoms with Crippen LogP contribution in [0.25, 0.3) is 0 Å². The van der Waals surface area contributed by atoms with Gasteiger partial charge in [0.25, 0.3) is 0 Å². The zero-order chi connectivity index (χ0) is 14.3. The first kappa shape index (κ1) is 15.5. The Labute approximate surface area is 116 Å². The molecule has 1 unspecified atom stereocenters. The molecule has 3 N–H and O–H groups in total. The summed E-state index contributed by atoms with van der Waals surface area (Å²) in [6.07, 6.45) is 2.42. The van der Waals surface area contributed by atoms with Gasteiger partial charge in [-0.05, 0) is 30.1 Å². The number of carbonyl (C=O) groups is 2. The first-order chi connectivity index (χ1) is 9.06. The molecule has 0 spiro atoms. The first-order valence-corrected chi connectivity index (χ1v) is 7.22. The van der Waals surface area contributed by atoms with Gasteiger partial charge < -0.3 is 15.5 Å². The number of carboxylic acids is 2. The zero-order valence-electron chi connectivity index (χ0n) is 10.6. The summed E-state index contributed by atoms with van der Waals surface area (Å²) >= 11 is 1.58. The van der Waals surface area contributed by atoms with E-state index in [9.17, 15) is 9.59 Å². The molecule has 0 aromatic heterocycles. The number of carboxylic acid groups (broad SMARTS) is 2. The van der Waals surface area contributed by atoms with Crippen molar-refractivity contribution in [1.82, 2.24) is 5.32 Å². The van der Waals surface area contributed by atoms with Crippen molar-refractivity contribution in [3.8, 4) is 0 Å². The monoisotopic (exact) mass is 283 g/mol. The molecule has 19 heavy (non-hydrogen) atoms. The van der Waals surface area contributed by atoms with E-state index in [4.69, 9.17) is 10.2 Å². The molecule has 1 aromatic carbocycles. The highest BCUT2D eigenvalue weighted by atomic mass is 32.2. The highest BCUT2D eigenvalue weighted by Gasteiger charge is 2.17. The maximum Gasteiger partial charge on any atom is 0.336 e. The van der Waals surface area contributed by atoms with E-state index in [1.807, 2.05) is 6.26 Å². The Morgan fingerprint density at radius 3 is 2.58 bits per heavy atom. The third-order valence-electron chi connectivity index (χ3n) is 2.70. The zero-order valence-corrected chi connectivity index (χ0v) is 11.4. The number of aromatic carboxylic acids is 1. The van der Waals surface area contributed by atoms with Crippen molar-refractivity contribution >= 4 is 23.7 Å². The van der Waals surface area contributed by atoms with Gasteiger partial charge >= 0.3 is 11.9 Å². The molecule has 1 aromatic rings. The van der Waals surface area contributed by atoms with Crippen LogP contribution < -0.4 is 5.32 Å². The SMILES string of the molecule is CSCCC(NCc1ccccc1C(=O)O)C(=O)O. The van der Waals surface area contributed by atoms with Gasteiger partial charge in [-0.1, -0.05) is 18.2 Å². The molecular formula is C13H17NO4S. The van der Waals surface area contributed by atoms with Crippen LogP contribution in [0.1, 0.15) is 22.3 Å². The lowest BCUT2D eigenvalue weighted by Crippen LogP contribution is -2.37. The van der Waals surface area contributed by atoms with E-state index in [1.165, 1.54) is 6.07 Å². The van der Waals surface area contributed by atoms with E-state index in [-0.39, 0.29) is 12.1 Å². The number of hydrogen-bond acceptors (Lipinski definition) is 4. The van der Waals surface area contributed by atoms with Crippen molar-refractivity contribution in [3.05, 3.63) is 35.4 Å². The standard InChI is InChI=1S/C13H17NO4S/c1-19-7-6-11(13(17)18)14-8-9-4-2-3-5-10(9)12(15)16/h2-5,11,14H,6-8H2,1H3,(H,15,16)(H,17,18). The molecule has 0 aliphatic rings. The van der Waals surface area contributed by atoms with Crippen molar-refractivity contribution < 1.29 is 19.8 Å². The maximum absolute atomic E-state index is 11.1. The summed E-state index contributed by atoms with van der Waals surface area (Å²) in [5, 5.41) is 21.0. The van der Waals surface area contributed by atoms with Gasteiger partial charge in [-0.25, -0.2) is 4.79 Å². The van der Waals surface area contributed by atoms with Crippen molar-refractivity contribution in [2.45, 2.75) is 19.0 Å². The average Bonchev–Trinajstić information content (AvgIpc) is 2.38. The topological polar surface area (TPSA) is 86.6 Å². The Bertz CT molecular complexity index is 450. The Hall–Kier alpha value is -1.53. The van der Waals surface area contributed by atoms with Gasteiger partial charge in [0, 0.05) is 6.54 Å². The maximum atomic E-state index is 11.1. The fraction of sp³-hybridized carbons (Fsp3) is 0.385. The summed E-state index contributed by atoms with van der Waals surface area (Å²) in [6, 6.07) is 5.92. The molecule has 0 fully saturated rings. The number of benzene rings is 1. The molecule has 1 atom stereocenters. The fourth-order valence-corrected chi connectivity index (χ4v) is 2.14. The molecule has 0 amide bonds. The van der Waals surface area contributed by atoms with Gasteiger partial charge in [0.1, 0.15) is 6.04 Å². The van der Waals surface area contributed by atoms with Gasteiger partial charge in [0.15, 0.2) is 0 Å². The van der Waals surface area contributed by atoms with Crippen molar-refractivity contribution in [3.63, 3.8) is 0 Å². The van der Waals surface area contributed by atoms with Gasteiger partial charge in [-0.15, -0.1) is 0 Å². The molecule has 0 saturated carbocycles. The van der Waals surface area contributed by atoms with E-state index >= 15 is 0 Å². The van der Waals surface area contributed by atoms with Crippen molar-refractivity contribution in [2.75, 3.05) is 12.0 Å². The normalized spacial score (nSPS) is 12.1. The third-order valence-corrected chi connectivity index (χ3v) is 3.34. The second kappa shape index (κ2) is 7.81. The largest absolute Gasteiger partial charge is 0.480 e. The van der Waals surface area contributed by atoms with Crippen LogP contribution in [0.2, 0.25) is 0 Å². The number of aliphatic carboxylic acids is 1. The summed E-state index contributed by atoms with van der Waals surface area (Å²) in [5.74, 6) is -1.18. The van der Waals surface area contributed by atoms with Crippen LogP contribution in [-0.2, 0) is 11.3 Å². The Kier molecular flexibility index (Phi) is 6.38. The average molecular weight is 283 g/mol. The fourth-order valence-electron chi connectivity index (χ4n) is 1.66. The minimum atomic E-state index is -1.01. The van der Waals surface area contributed by atoms with Crippen LogP contribution in [0, 0.1) is 0 Å². The van der Waals surface area contributed by atoms with E-state index in [2.05, 4.69) is 5.32 Å². The molecule has 0 aliphatic carbocycles. The second-order valence-electron chi connectivity index (χ2n) is 4.02. The van der Waals surface area contributed by atoms with Gasteiger partial charge in [-0.3, -0.25) is 4.79 Å². The van der Waals surface area contributed by atoms with Crippen molar-refractivity contribution in [1.29, 1.82) is 0 Å². The van der Waals surface area contributed by atoms with E-state index < -0.39 is 18.0 Å². The minimum Gasteiger partial charge on any atom is -0.480 e. The van der Waals surface area contributed by atoms with Gasteiger partial charge in [-0.2, -0.15) is 11.8 Å². The highest BCUT2D eigenvalue weighted by molar-refractivity contribution is 7.98. The van der Waals surface area contributed by atoms with Gasteiger partial charge in [0.05, 0.1) is 5.56 Å². The molecule has 5 nitrogen and oxygen atoms in total. The summed E-state index contributed by atoms with van der Waals surface area (Å²) in [6.45, 7) is 0.230. The molecule has 1 rings (SSSR count). The van der Waals surface area contributed by atoms with Crippen LogP contribution in [0.3, 0.4) is 0 Å². The van der Waals surface area contributed by atoms with E-state index in [1.54, 1.807) is 30.0 Å². The third kappa shape index (κ3) is 4.92. The molecule has 0 aliphatic heterocycles. The highest BCUT2D eigenvalue weighted by Crippen LogP contribution is 2.09. The Morgan fingerprint density at radius 2 is 2.00 bits per heavy atom. The second-order valence-corrected chi connectivity index (χ2v) is 5.00. The molecule has 0 heterocycles. The quantitative estimate of drug-likeness (QED) is 0.673. The number of hydrogen-bond donors (Lipinski definition) is 3. The molecule has 0 radical (unpaired) electrons. The van der Waals surface area contributed by atoms with Crippen LogP contribution in [-0.4, -0.2) is 40.2 Å². The summed E-state index contributed by atoms with van der Waals surface area (Å²) in [5.41, 5.74) is 0.786. The molecule has 6 heteroatoms. The van der Waals surface area contributed by atoms with E-state index in [0.29, 0.717) is 12.0 Å².